The molecule has 0 aromatic heterocycles. The standard InChI is InChI=1S/C17H18Cl2O/c18-13-15-10-6-11-16(19)17(15)20-12-5-4-9-14-7-2-1-3-8-14/h1-3,6-8,10-11H,4-5,9,12-13H2. The molecule has 0 unspecified atom stereocenters. The number of aryl methyl sites for hydroxylation is 1. The molecular formula is C17H18Cl2O. The summed E-state index contributed by atoms with van der Waals surface area (Å²) in [5.74, 6) is 1.14. The molecule has 2 rings (SSSR count). The van der Waals surface area contributed by atoms with E-state index >= 15 is 0 Å². The van der Waals surface area contributed by atoms with E-state index in [1.807, 2.05) is 24.3 Å². The molecule has 0 radical (unpaired) electrons. The summed E-state index contributed by atoms with van der Waals surface area (Å²) in [7, 11) is 0. The Bertz CT molecular complexity index is 526. The molecule has 0 heterocycles. The second-order valence-corrected chi connectivity index (χ2v) is 5.33. The molecule has 0 aliphatic rings. The van der Waals surface area contributed by atoms with Crippen LogP contribution in [0.1, 0.15) is 24.0 Å². The minimum atomic E-state index is 0.417. The third kappa shape index (κ3) is 4.43. The summed E-state index contributed by atoms with van der Waals surface area (Å²) in [5, 5.41) is 0.631. The van der Waals surface area contributed by atoms with E-state index < -0.39 is 0 Å². The van der Waals surface area contributed by atoms with Crippen LogP contribution >= 0.6 is 23.2 Å². The average molecular weight is 309 g/mol. The maximum atomic E-state index is 6.13. The second-order valence-electron chi connectivity index (χ2n) is 4.65. The Morgan fingerprint density at radius 2 is 1.70 bits per heavy atom. The zero-order valence-corrected chi connectivity index (χ0v) is 12.8. The number of ether oxygens (including phenoxy) is 1. The van der Waals surface area contributed by atoms with Crippen molar-refractivity contribution in [1.29, 1.82) is 0 Å². The molecule has 0 bridgehead atoms. The predicted molar refractivity (Wildman–Crippen MR) is 85.9 cm³/mol. The Morgan fingerprint density at radius 3 is 2.45 bits per heavy atom. The van der Waals surface area contributed by atoms with Gasteiger partial charge in [-0.25, -0.2) is 0 Å². The molecule has 0 atom stereocenters. The summed E-state index contributed by atoms with van der Waals surface area (Å²) in [4.78, 5) is 0. The lowest BCUT2D eigenvalue weighted by Crippen LogP contribution is -2.01. The van der Waals surface area contributed by atoms with Gasteiger partial charge in [-0.2, -0.15) is 0 Å². The Morgan fingerprint density at radius 1 is 0.900 bits per heavy atom. The highest BCUT2D eigenvalue weighted by molar-refractivity contribution is 6.32. The summed E-state index contributed by atoms with van der Waals surface area (Å²) < 4.78 is 5.78. The Kier molecular flexibility index (Phi) is 6.23. The Hall–Kier alpha value is -1.18. The van der Waals surface area contributed by atoms with Crippen LogP contribution in [-0.2, 0) is 12.3 Å². The van der Waals surface area contributed by atoms with Gasteiger partial charge >= 0.3 is 0 Å². The summed E-state index contributed by atoms with van der Waals surface area (Å²) in [6, 6.07) is 16.2. The van der Waals surface area contributed by atoms with Gasteiger partial charge in [-0.3, -0.25) is 0 Å². The highest BCUT2D eigenvalue weighted by Gasteiger charge is 2.07. The lowest BCUT2D eigenvalue weighted by atomic mass is 10.1. The van der Waals surface area contributed by atoms with E-state index in [0.29, 0.717) is 17.5 Å². The van der Waals surface area contributed by atoms with Gasteiger partial charge in [0.15, 0.2) is 0 Å². The van der Waals surface area contributed by atoms with Crippen molar-refractivity contribution >= 4 is 23.2 Å². The quantitative estimate of drug-likeness (QED) is 0.486. The summed E-state index contributed by atoms with van der Waals surface area (Å²) in [6.07, 6.45) is 3.18. The molecule has 20 heavy (non-hydrogen) atoms. The van der Waals surface area contributed by atoms with Crippen LogP contribution in [-0.4, -0.2) is 6.61 Å². The van der Waals surface area contributed by atoms with Crippen molar-refractivity contribution in [3.63, 3.8) is 0 Å². The first-order valence-electron chi connectivity index (χ1n) is 6.81. The van der Waals surface area contributed by atoms with Gasteiger partial charge in [0.1, 0.15) is 5.75 Å². The first-order valence-corrected chi connectivity index (χ1v) is 7.72. The summed E-state index contributed by atoms with van der Waals surface area (Å²) >= 11 is 12.0. The first kappa shape index (κ1) is 15.2. The van der Waals surface area contributed by atoms with Gasteiger partial charge in [0, 0.05) is 5.56 Å². The van der Waals surface area contributed by atoms with Crippen LogP contribution < -0.4 is 4.74 Å². The van der Waals surface area contributed by atoms with Gasteiger partial charge in [0.2, 0.25) is 0 Å². The SMILES string of the molecule is ClCc1cccc(Cl)c1OCCCCc1ccccc1. The molecule has 2 aromatic carbocycles. The van der Waals surface area contributed by atoms with E-state index in [4.69, 9.17) is 27.9 Å². The predicted octanol–water partition coefficient (Wildman–Crippen LogP) is 5.48. The molecule has 106 valence electrons. The van der Waals surface area contributed by atoms with E-state index in [0.717, 1.165) is 30.6 Å². The van der Waals surface area contributed by atoms with Crippen LogP contribution in [0.25, 0.3) is 0 Å². The number of alkyl halides is 1. The molecule has 0 fully saturated rings. The summed E-state index contributed by atoms with van der Waals surface area (Å²) in [5.41, 5.74) is 2.31. The van der Waals surface area contributed by atoms with Crippen molar-refractivity contribution in [3.8, 4) is 5.75 Å². The van der Waals surface area contributed by atoms with Crippen molar-refractivity contribution in [1.82, 2.24) is 0 Å². The fraction of sp³-hybridized carbons (Fsp3) is 0.294. The van der Waals surface area contributed by atoms with E-state index in [-0.39, 0.29) is 0 Å². The van der Waals surface area contributed by atoms with Crippen LogP contribution in [0.5, 0.6) is 5.75 Å². The molecular weight excluding hydrogens is 291 g/mol. The number of rotatable bonds is 7. The molecule has 0 aliphatic heterocycles. The first-order chi connectivity index (χ1) is 9.81. The van der Waals surface area contributed by atoms with E-state index in [2.05, 4.69) is 24.3 Å². The summed E-state index contributed by atoms with van der Waals surface area (Å²) in [6.45, 7) is 0.667. The number of benzene rings is 2. The fourth-order valence-electron chi connectivity index (χ4n) is 2.07. The molecule has 0 spiro atoms. The zero-order chi connectivity index (χ0) is 14.2. The van der Waals surface area contributed by atoms with Crippen molar-refractivity contribution < 1.29 is 4.74 Å². The van der Waals surface area contributed by atoms with Gasteiger partial charge in [-0.05, 0) is 30.9 Å². The fourth-order valence-corrected chi connectivity index (χ4v) is 2.53. The van der Waals surface area contributed by atoms with Crippen molar-refractivity contribution in [2.45, 2.75) is 25.1 Å². The molecule has 2 aromatic rings. The van der Waals surface area contributed by atoms with Gasteiger partial charge in [0.25, 0.3) is 0 Å². The molecule has 3 heteroatoms. The van der Waals surface area contributed by atoms with Crippen LogP contribution in [0.4, 0.5) is 0 Å². The number of unbranched alkanes of at least 4 members (excludes halogenated alkanes) is 1. The molecule has 0 N–H and O–H groups in total. The lowest BCUT2D eigenvalue weighted by Gasteiger charge is -2.11. The monoisotopic (exact) mass is 308 g/mol. The number of para-hydroxylation sites is 1. The highest BCUT2D eigenvalue weighted by atomic mass is 35.5. The maximum Gasteiger partial charge on any atom is 0.142 e. The van der Waals surface area contributed by atoms with Crippen molar-refractivity contribution in [2.75, 3.05) is 6.61 Å². The van der Waals surface area contributed by atoms with Crippen LogP contribution in [0.15, 0.2) is 48.5 Å². The molecule has 0 amide bonds. The number of halogens is 2. The third-order valence-corrected chi connectivity index (χ3v) is 3.73. The highest BCUT2D eigenvalue weighted by Crippen LogP contribution is 2.29. The third-order valence-electron chi connectivity index (χ3n) is 3.14. The minimum Gasteiger partial charge on any atom is -0.492 e. The zero-order valence-electron chi connectivity index (χ0n) is 11.3. The van der Waals surface area contributed by atoms with Gasteiger partial charge < -0.3 is 4.74 Å². The second kappa shape index (κ2) is 8.18. The maximum absolute atomic E-state index is 6.13. The largest absolute Gasteiger partial charge is 0.492 e. The molecule has 0 aliphatic carbocycles. The van der Waals surface area contributed by atoms with Crippen LogP contribution in [0.2, 0.25) is 5.02 Å². The van der Waals surface area contributed by atoms with Crippen molar-refractivity contribution in [3.05, 3.63) is 64.7 Å². The molecule has 0 saturated carbocycles. The van der Waals surface area contributed by atoms with Crippen molar-refractivity contribution in [2.24, 2.45) is 0 Å². The van der Waals surface area contributed by atoms with E-state index in [9.17, 15) is 0 Å². The molecule has 1 nitrogen and oxygen atoms in total. The minimum absolute atomic E-state index is 0.417. The smallest absolute Gasteiger partial charge is 0.142 e. The van der Waals surface area contributed by atoms with E-state index in [1.54, 1.807) is 0 Å². The average Bonchev–Trinajstić information content (AvgIpc) is 2.49. The molecule has 0 saturated heterocycles. The van der Waals surface area contributed by atoms with E-state index in [1.165, 1.54) is 5.56 Å². The normalized spacial score (nSPS) is 10.5. The lowest BCUT2D eigenvalue weighted by molar-refractivity contribution is 0.305. The van der Waals surface area contributed by atoms with Gasteiger partial charge in [-0.15, -0.1) is 11.6 Å². The topological polar surface area (TPSA) is 9.23 Å². The van der Waals surface area contributed by atoms with Crippen LogP contribution in [0.3, 0.4) is 0 Å². The Balaban J connectivity index is 1.76. The van der Waals surface area contributed by atoms with Gasteiger partial charge in [0.05, 0.1) is 17.5 Å². The van der Waals surface area contributed by atoms with Crippen LogP contribution in [0, 0.1) is 0 Å². The number of hydrogen-bond donors (Lipinski definition) is 0. The Labute approximate surface area is 130 Å². The number of hydrogen-bond acceptors (Lipinski definition) is 1. The van der Waals surface area contributed by atoms with Gasteiger partial charge in [-0.1, -0.05) is 54.1 Å².